The van der Waals surface area contributed by atoms with Gasteiger partial charge in [-0.2, -0.15) is 0 Å². The van der Waals surface area contributed by atoms with Gasteiger partial charge in [0.25, 0.3) is 0 Å². The quantitative estimate of drug-likeness (QED) is 0.817. The largest absolute Gasteiger partial charge is 0.348 e. The fraction of sp³-hybridized carbons (Fsp3) is 0.421. The van der Waals surface area contributed by atoms with Crippen molar-refractivity contribution >= 4 is 22.0 Å². The Morgan fingerprint density at radius 3 is 2.58 bits per heavy atom. The van der Waals surface area contributed by atoms with Crippen LogP contribution < -0.4 is 5.32 Å². The molecule has 24 heavy (non-hydrogen) atoms. The van der Waals surface area contributed by atoms with Crippen LogP contribution in [0.25, 0.3) is 0 Å². The highest BCUT2D eigenvalue weighted by Gasteiger charge is 2.32. The molecule has 1 aromatic carbocycles. The van der Waals surface area contributed by atoms with Crippen molar-refractivity contribution in [2.45, 2.75) is 45.3 Å². The van der Waals surface area contributed by atoms with Crippen LogP contribution in [0.5, 0.6) is 0 Å². The topological polar surface area (TPSA) is 37.3 Å². The van der Waals surface area contributed by atoms with Gasteiger partial charge in [-0.05, 0) is 42.7 Å². The van der Waals surface area contributed by atoms with Crippen LogP contribution in [-0.4, -0.2) is 28.1 Å². The first-order chi connectivity index (χ1) is 11.6. The Balaban J connectivity index is 1.92. The summed E-state index contributed by atoms with van der Waals surface area (Å²) >= 11 is 3.49. The smallest absolute Gasteiger partial charge is 0.318 e. The third kappa shape index (κ3) is 3.36. The van der Waals surface area contributed by atoms with E-state index in [1.807, 2.05) is 17.0 Å². The molecule has 0 aliphatic carbocycles. The van der Waals surface area contributed by atoms with E-state index in [0.29, 0.717) is 6.54 Å². The number of halogens is 1. The van der Waals surface area contributed by atoms with Crippen LogP contribution in [0.3, 0.4) is 0 Å². The zero-order valence-corrected chi connectivity index (χ0v) is 15.8. The Hall–Kier alpha value is -1.75. The number of amides is 2. The minimum atomic E-state index is -0.0452. The number of carbonyl (C=O) groups is 1. The highest BCUT2D eigenvalue weighted by atomic mass is 79.9. The molecule has 0 unspecified atom stereocenters. The predicted octanol–water partition coefficient (Wildman–Crippen LogP) is 4.55. The minimum Gasteiger partial charge on any atom is -0.348 e. The lowest BCUT2D eigenvalue weighted by Crippen LogP contribution is -2.49. The van der Waals surface area contributed by atoms with Gasteiger partial charge in [0.2, 0.25) is 0 Å². The van der Waals surface area contributed by atoms with Crippen molar-refractivity contribution in [1.29, 1.82) is 0 Å². The van der Waals surface area contributed by atoms with Crippen molar-refractivity contribution in [3.8, 4) is 0 Å². The average Bonchev–Trinajstić information content (AvgIpc) is 3.08. The van der Waals surface area contributed by atoms with E-state index in [0.717, 1.165) is 29.4 Å². The fourth-order valence-corrected chi connectivity index (χ4v) is 3.61. The van der Waals surface area contributed by atoms with Gasteiger partial charge in [0, 0.05) is 35.5 Å². The maximum Gasteiger partial charge on any atom is 0.318 e. The van der Waals surface area contributed by atoms with E-state index >= 15 is 0 Å². The molecule has 4 nitrogen and oxygen atoms in total. The van der Waals surface area contributed by atoms with Crippen LogP contribution in [0.2, 0.25) is 0 Å². The predicted molar refractivity (Wildman–Crippen MR) is 100 cm³/mol. The summed E-state index contributed by atoms with van der Waals surface area (Å²) in [6.45, 7) is 5.78. The van der Waals surface area contributed by atoms with Crippen LogP contribution in [0, 0.1) is 0 Å². The van der Waals surface area contributed by atoms with Crippen molar-refractivity contribution in [3.05, 3.63) is 58.3 Å². The number of urea groups is 1. The summed E-state index contributed by atoms with van der Waals surface area (Å²) in [5, 5.41) is 3.19. The van der Waals surface area contributed by atoms with Gasteiger partial charge in [-0.1, -0.05) is 41.9 Å². The maximum absolute atomic E-state index is 12.9. The SMILES string of the molecule is CCC(CC)NC(=O)N1CCn2cccc2[C@@H]1c1ccc(Br)cc1. The van der Waals surface area contributed by atoms with E-state index < -0.39 is 0 Å². The second-order valence-electron chi connectivity index (χ2n) is 6.24. The van der Waals surface area contributed by atoms with Gasteiger partial charge in [-0.3, -0.25) is 0 Å². The summed E-state index contributed by atoms with van der Waals surface area (Å²) in [7, 11) is 0. The number of aromatic nitrogens is 1. The summed E-state index contributed by atoms with van der Waals surface area (Å²) < 4.78 is 3.29. The van der Waals surface area contributed by atoms with Gasteiger partial charge in [0.05, 0.1) is 6.04 Å². The molecule has 0 fully saturated rings. The Bertz CT molecular complexity index is 691. The zero-order valence-electron chi connectivity index (χ0n) is 14.2. The van der Waals surface area contributed by atoms with Crippen molar-refractivity contribution in [3.63, 3.8) is 0 Å². The average molecular weight is 390 g/mol. The number of nitrogens with one attached hydrogen (secondary N) is 1. The molecule has 0 bridgehead atoms. The molecule has 128 valence electrons. The summed E-state index contributed by atoms with van der Waals surface area (Å²) in [5.41, 5.74) is 2.31. The van der Waals surface area contributed by atoms with Crippen molar-refractivity contribution in [2.24, 2.45) is 0 Å². The summed E-state index contributed by atoms with van der Waals surface area (Å²) in [6, 6.07) is 12.6. The first-order valence-corrected chi connectivity index (χ1v) is 9.41. The number of rotatable bonds is 4. The molecule has 1 atom stereocenters. The van der Waals surface area contributed by atoms with Crippen molar-refractivity contribution < 1.29 is 4.79 Å². The molecule has 1 N–H and O–H groups in total. The molecule has 0 spiro atoms. The molecular formula is C19H24BrN3O. The lowest BCUT2D eigenvalue weighted by molar-refractivity contribution is 0.164. The molecule has 1 aliphatic heterocycles. The maximum atomic E-state index is 12.9. The Kier molecular flexibility index (Phi) is 5.29. The molecular weight excluding hydrogens is 366 g/mol. The third-order valence-corrected chi connectivity index (χ3v) is 5.33. The normalized spacial score (nSPS) is 17.0. The Morgan fingerprint density at radius 1 is 1.21 bits per heavy atom. The minimum absolute atomic E-state index is 0.0315. The van der Waals surface area contributed by atoms with Crippen LogP contribution in [0.1, 0.15) is 44.0 Å². The zero-order chi connectivity index (χ0) is 17.1. The number of benzene rings is 1. The van der Waals surface area contributed by atoms with Gasteiger partial charge >= 0.3 is 6.03 Å². The molecule has 2 amide bonds. The summed E-state index contributed by atoms with van der Waals surface area (Å²) in [5.74, 6) is 0. The standard InChI is InChI=1S/C19H24BrN3O/c1-3-16(4-2)21-19(24)23-13-12-22-11-5-6-17(22)18(23)14-7-9-15(20)10-8-14/h5-11,16,18H,3-4,12-13H2,1-2H3,(H,21,24)/t18-/m0/s1. The second kappa shape index (κ2) is 7.43. The molecule has 1 aromatic heterocycles. The van der Waals surface area contributed by atoms with E-state index in [2.05, 4.69) is 70.1 Å². The van der Waals surface area contributed by atoms with Crippen LogP contribution in [0.15, 0.2) is 47.1 Å². The molecule has 0 saturated heterocycles. The van der Waals surface area contributed by atoms with Crippen molar-refractivity contribution in [1.82, 2.24) is 14.8 Å². The van der Waals surface area contributed by atoms with Crippen LogP contribution >= 0.6 is 15.9 Å². The number of fused-ring (bicyclic) bond motifs is 1. The molecule has 0 radical (unpaired) electrons. The van der Waals surface area contributed by atoms with E-state index in [1.54, 1.807) is 0 Å². The molecule has 3 rings (SSSR count). The van der Waals surface area contributed by atoms with E-state index in [4.69, 9.17) is 0 Å². The monoisotopic (exact) mass is 389 g/mol. The van der Waals surface area contributed by atoms with Gasteiger partial charge in [0.1, 0.15) is 0 Å². The fourth-order valence-electron chi connectivity index (χ4n) is 3.35. The number of hydrogen-bond donors (Lipinski definition) is 1. The van der Waals surface area contributed by atoms with Gasteiger partial charge in [0.15, 0.2) is 0 Å². The lowest BCUT2D eigenvalue weighted by Gasteiger charge is -2.38. The first-order valence-electron chi connectivity index (χ1n) is 8.61. The second-order valence-corrected chi connectivity index (χ2v) is 7.15. The highest BCUT2D eigenvalue weighted by molar-refractivity contribution is 9.10. The van der Waals surface area contributed by atoms with Crippen LogP contribution in [0.4, 0.5) is 4.79 Å². The molecule has 0 saturated carbocycles. The van der Waals surface area contributed by atoms with Gasteiger partial charge < -0.3 is 14.8 Å². The van der Waals surface area contributed by atoms with Gasteiger partial charge in [-0.25, -0.2) is 4.79 Å². The Morgan fingerprint density at radius 2 is 1.92 bits per heavy atom. The van der Waals surface area contributed by atoms with E-state index in [9.17, 15) is 4.79 Å². The molecule has 2 heterocycles. The molecule has 1 aliphatic rings. The van der Waals surface area contributed by atoms with Crippen LogP contribution in [-0.2, 0) is 6.54 Å². The summed E-state index contributed by atoms with van der Waals surface area (Å²) in [4.78, 5) is 14.9. The van der Waals surface area contributed by atoms with Gasteiger partial charge in [-0.15, -0.1) is 0 Å². The lowest BCUT2D eigenvalue weighted by atomic mass is 10.0. The first kappa shape index (κ1) is 17.1. The molecule has 5 heteroatoms. The number of carbonyl (C=O) groups excluding carboxylic acids is 1. The number of hydrogen-bond acceptors (Lipinski definition) is 1. The number of nitrogens with zero attached hydrogens (tertiary/aromatic N) is 2. The third-order valence-electron chi connectivity index (χ3n) is 4.80. The Labute approximate surface area is 152 Å². The molecule has 2 aromatic rings. The van der Waals surface area contributed by atoms with Crippen molar-refractivity contribution in [2.75, 3.05) is 6.54 Å². The summed E-state index contributed by atoms with van der Waals surface area (Å²) in [6.07, 6.45) is 4.00. The van der Waals surface area contributed by atoms with E-state index in [1.165, 1.54) is 5.69 Å². The van der Waals surface area contributed by atoms with E-state index in [-0.39, 0.29) is 18.1 Å². The highest BCUT2D eigenvalue weighted by Crippen LogP contribution is 2.33.